The molecule has 0 bridgehead atoms. The van der Waals surface area contributed by atoms with E-state index >= 15 is 0 Å². The number of fused-ring (bicyclic) bond motifs is 1. The molecule has 1 N–H and O–H groups in total. The predicted octanol–water partition coefficient (Wildman–Crippen LogP) is 2.57. The van der Waals surface area contributed by atoms with Gasteiger partial charge in [0.1, 0.15) is 6.61 Å². The van der Waals surface area contributed by atoms with Crippen LogP contribution in [-0.2, 0) is 11.3 Å². The van der Waals surface area contributed by atoms with Crippen molar-refractivity contribution in [2.24, 2.45) is 0 Å². The van der Waals surface area contributed by atoms with Crippen LogP contribution >= 0.6 is 23.8 Å². The van der Waals surface area contributed by atoms with Crippen LogP contribution in [0.5, 0.6) is 0 Å². The molecule has 2 nitrogen and oxygen atoms in total. The second kappa shape index (κ2) is 2.92. The number of ether oxygens (including phenoxy) is 1. The average molecular weight is 200 g/mol. The van der Waals surface area contributed by atoms with E-state index in [1.807, 2.05) is 18.2 Å². The van der Waals surface area contributed by atoms with Crippen LogP contribution in [0, 0.1) is 0 Å². The minimum Gasteiger partial charge on any atom is -0.466 e. The van der Waals surface area contributed by atoms with Crippen LogP contribution in [0.2, 0.25) is 5.02 Å². The molecule has 0 radical (unpaired) electrons. The Morgan fingerprint density at radius 3 is 3.17 bits per heavy atom. The van der Waals surface area contributed by atoms with Crippen molar-refractivity contribution in [3.05, 3.63) is 28.8 Å². The fourth-order valence-electron chi connectivity index (χ4n) is 1.11. The molecule has 1 aromatic rings. The van der Waals surface area contributed by atoms with Crippen LogP contribution in [0.25, 0.3) is 0 Å². The van der Waals surface area contributed by atoms with Gasteiger partial charge in [-0.1, -0.05) is 23.7 Å². The van der Waals surface area contributed by atoms with E-state index in [0.717, 1.165) is 11.3 Å². The molecule has 0 aliphatic carbocycles. The highest BCUT2D eigenvalue weighted by molar-refractivity contribution is 7.80. The number of hydrogen-bond acceptors (Lipinski definition) is 2. The Balaban J connectivity index is 2.50. The molecule has 1 aromatic carbocycles. The Kier molecular flexibility index (Phi) is 1.90. The lowest BCUT2D eigenvalue weighted by Gasteiger charge is -2.20. The van der Waals surface area contributed by atoms with Crippen molar-refractivity contribution in [3.63, 3.8) is 0 Å². The van der Waals surface area contributed by atoms with E-state index in [1.165, 1.54) is 0 Å². The van der Waals surface area contributed by atoms with Crippen molar-refractivity contribution < 1.29 is 4.74 Å². The quantitative estimate of drug-likeness (QED) is 0.649. The summed E-state index contributed by atoms with van der Waals surface area (Å²) in [5.41, 5.74) is 1.91. The third kappa shape index (κ3) is 1.26. The smallest absolute Gasteiger partial charge is 0.261 e. The van der Waals surface area contributed by atoms with Crippen molar-refractivity contribution in [3.8, 4) is 0 Å². The Morgan fingerprint density at radius 2 is 2.33 bits per heavy atom. The van der Waals surface area contributed by atoms with E-state index in [2.05, 4.69) is 5.32 Å². The van der Waals surface area contributed by atoms with Crippen LogP contribution in [-0.4, -0.2) is 5.17 Å². The van der Waals surface area contributed by atoms with Gasteiger partial charge in [-0.15, -0.1) is 0 Å². The molecule has 2 rings (SSSR count). The zero-order chi connectivity index (χ0) is 8.55. The van der Waals surface area contributed by atoms with Gasteiger partial charge in [0.2, 0.25) is 0 Å². The molecule has 1 aliphatic heterocycles. The zero-order valence-electron chi connectivity index (χ0n) is 6.13. The second-order valence-electron chi connectivity index (χ2n) is 2.48. The van der Waals surface area contributed by atoms with Crippen molar-refractivity contribution >= 4 is 34.7 Å². The number of hydrogen-bond donors (Lipinski definition) is 1. The minimum absolute atomic E-state index is 0.385. The van der Waals surface area contributed by atoms with Gasteiger partial charge >= 0.3 is 0 Å². The summed E-state index contributed by atoms with van der Waals surface area (Å²) in [6.07, 6.45) is 0. The Bertz CT molecular complexity index is 340. The number of halogens is 1. The number of nitrogens with one attached hydrogen (secondary N) is 1. The summed E-state index contributed by atoms with van der Waals surface area (Å²) in [7, 11) is 0. The average Bonchev–Trinajstić information content (AvgIpc) is 2.07. The van der Waals surface area contributed by atoms with Gasteiger partial charge in [-0.2, -0.15) is 0 Å². The lowest BCUT2D eigenvalue weighted by molar-refractivity contribution is 0.294. The Morgan fingerprint density at radius 1 is 1.50 bits per heavy atom. The summed E-state index contributed by atoms with van der Waals surface area (Å²) in [6.45, 7) is 0.502. The molecule has 1 aliphatic rings. The third-order valence-electron chi connectivity index (χ3n) is 1.69. The third-order valence-corrected chi connectivity index (χ3v) is 2.22. The van der Waals surface area contributed by atoms with E-state index in [4.69, 9.17) is 28.6 Å². The molecule has 0 unspecified atom stereocenters. The monoisotopic (exact) mass is 199 g/mol. The molecule has 0 atom stereocenters. The topological polar surface area (TPSA) is 21.3 Å². The van der Waals surface area contributed by atoms with E-state index in [-0.39, 0.29) is 0 Å². The summed E-state index contributed by atoms with van der Waals surface area (Å²) in [5, 5.41) is 3.97. The number of anilines is 1. The summed E-state index contributed by atoms with van der Waals surface area (Å²) >= 11 is 10.8. The first-order valence-electron chi connectivity index (χ1n) is 3.48. The highest BCUT2D eigenvalue weighted by Crippen LogP contribution is 2.29. The first-order valence-corrected chi connectivity index (χ1v) is 4.27. The standard InChI is InChI=1S/C8H6ClNOS/c9-6-3-1-2-5-4-11-8(12)10-7(5)6/h1-3H,4H2,(H,10,12). The van der Waals surface area contributed by atoms with Gasteiger partial charge in [0.25, 0.3) is 5.17 Å². The largest absolute Gasteiger partial charge is 0.466 e. The number of thiocarbonyl (C=S) groups is 1. The maximum Gasteiger partial charge on any atom is 0.261 e. The van der Waals surface area contributed by atoms with Crippen molar-refractivity contribution in [1.29, 1.82) is 0 Å². The van der Waals surface area contributed by atoms with E-state index in [1.54, 1.807) is 0 Å². The van der Waals surface area contributed by atoms with Crippen molar-refractivity contribution in [2.45, 2.75) is 6.61 Å². The van der Waals surface area contributed by atoms with Crippen molar-refractivity contribution in [1.82, 2.24) is 0 Å². The summed E-state index contributed by atoms with van der Waals surface area (Å²) in [4.78, 5) is 0. The number of benzene rings is 1. The first-order chi connectivity index (χ1) is 5.77. The first kappa shape index (κ1) is 7.83. The van der Waals surface area contributed by atoms with E-state index in [9.17, 15) is 0 Å². The maximum absolute atomic E-state index is 5.93. The molecule has 12 heavy (non-hydrogen) atoms. The fourth-order valence-corrected chi connectivity index (χ4v) is 1.51. The highest BCUT2D eigenvalue weighted by Gasteiger charge is 2.14. The molecular formula is C8H6ClNOS. The summed E-state index contributed by atoms with van der Waals surface area (Å²) in [5.74, 6) is 0. The fraction of sp³-hybridized carbons (Fsp3) is 0.125. The van der Waals surface area contributed by atoms with Gasteiger partial charge in [0.05, 0.1) is 10.7 Å². The molecule has 0 saturated heterocycles. The number of rotatable bonds is 0. The van der Waals surface area contributed by atoms with Gasteiger partial charge in [0, 0.05) is 5.56 Å². The molecule has 0 spiro atoms. The van der Waals surface area contributed by atoms with Crippen LogP contribution in [0.1, 0.15) is 5.56 Å². The lowest BCUT2D eigenvalue weighted by atomic mass is 10.2. The normalized spacial score (nSPS) is 14.6. The van der Waals surface area contributed by atoms with Gasteiger partial charge in [0.15, 0.2) is 0 Å². The van der Waals surface area contributed by atoms with Gasteiger partial charge < -0.3 is 10.1 Å². The molecule has 0 saturated carbocycles. The molecular weight excluding hydrogens is 194 g/mol. The zero-order valence-corrected chi connectivity index (χ0v) is 7.71. The van der Waals surface area contributed by atoms with Gasteiger partial charge in [-0.3, -0.25) is 0 Å². The molecule has 0 fully saturated rings. The van der Waals surface area contributed by atoms with Crippen LogP contribution in [0.15, 0.2) is 18.2 Å². The molecule has 1 heterocycles. The lowest BCUT2D eigenvalue weighted by Crippen LogP contribution is -2.20. The summed E-state index contributed by atoms with van der Waals surface area (Å²) in [6, 6.07) is 5.66. The highest BCUT2D eigenvalue weighted by atomic mass is 35.5. The molecule has 0 aromatic heterocycles. The summed E-state index contributed by atoms with van der Waals surface area (Å²) < 4.78 is 5.12. The van der Waals surface area contributed by atoms with E-state index < -0.39 is 0 Å². The Labute approximate surface area is 80.5 Å². The molecule has 0 amide bonds. The molecule has 4 heteroatoms. The van der Waals surface area contributed by atoms with E-state index in [0.29, 0.717) is 16.8 Å². The predicted molar refractivity (Wildman–Crippen MR) is 52.5 cm³/mol. The maximum atomic E-state index is 5.93. The van der Waals surface area contributed by atoms with Crippen LogP contribution in [0.3, 0.4) is 0 Å². The van der Waals surface area contributed by atoms with Gasteiger partial charge in [-0.05, 0) is 18.3 Å². The van der Waals surface area contributed by atoms with Crippen molar-refractivity contribution in [2.75, 3.05) is 5.32 Å². The second-order valence-corrected chi connectivity index (χ2v) is 3.25. The SMILES string of the molecule is S=C1Nc2c(Cl)cccc2CO1. The number of para-hydroxylation sites is 1. The Hall–Kier alpha value is -0.800. The van der Waals surface area contributed by atoms with Crippen LogP contribution < -0.4 is 5.32 Å². The van der Waals surface area contributed by atoms with Crippen LogP contribution in [0.4, 0.5) is 5.69 Å². The minimum atomic E-state index is 0.385. The molecule has 62 valence electrons. The van der Waals surface area contributed by atoms with Gasteiger partial charge in [-0.25, -0.2) is 0 Å².